The highest BCUT2D eigenvalue weighted by Crippen LogP contribution is 2.36. The summed E-state index contributed by atoms with van der Waals surface area (Å²) < 4.78 is 5.95. The van der Waals surface area contributed by atoms with Crippen molar-refractivity contribution in [3.63, 3.8) is 0 Å². The molecule has 1 unspecified atom stereocenters. The molecule has 1 atom stereocenters. The minimum Gasteiger partial charge on any atom is -0.475 e. The molecule has 2 aliphatic rings. The zero-order valence-electron chi connectivity index (χ0n) is 11.9. The van der Waals surface area contributed by atoms with Gasteiger partial charge in [0.2, 0.25) is 11.8 Å². The van der Waals surface area contributed by atoms with E-state index in [1.54, 1.807) is 0 Å². The Kier molecular flexibility index (Phi) is 2.70. The van der Waals surface area contributed by atoms with Crippen molar-refractivity contribution in [2.75, 3.05) is 23.8 Å². The SMILES string of the molecule is CCc1cc2nc(N)nc3c2c(n1)OCC1C=CCCN31. The summed E-state index contributed by atoms with van der Waals surface area (Å²) in [5.74, 6) is 1.77. The fraction of sp³-hybridized carbons (Fsp3) is 0.400. The van der Waals surface area contributed by atoms with E-state index in [1.807, 2.05) is 6.07 Å². The highest BCUT2D eigenvalue weighted by molar-refractivity contribution is 5.95. The molecule has 4 heterocycles. The second-order valence-corrected chi connectivity index (χ2v) is 5.36. The summed E-state index contributed by atoms with van der Waals surface area (Å²) in [7, 11) is 0. The van der Waals surface area contributed by atoms with E-state index in [0.717, 1.165) is 41.8 Å². The first-order valence-corrected chi connectivity index (χ1v) is 7.29. The van der Waals surface area contributed by atoms with Gasteiger partial charge in [-0.25, -0.2) is 9.97 Å². The fourth-order valence-electron chi connectivity index (χ4n) is 2.97. The second kappa shape index (κ2) is 4.58. The van der Waals surface area contributed by atoms with Crippen LogP contribution in [0.5, 0.6) is 5.88 Å². The number of pyridine rings is 1. The van der Waals surface area contributed by atoms with Crippen molar-refractivity contribution in [3.05, 3.63) is 23.9 Å². The molecule has 2 N–H and O–H groups in total. The van der Waals surface area contributed by atoms with E-state index in [-0.39, 0.29) is 6.04 Å². The lowest BCUT2D eigenvalue weighted by atomic mass is 10.1. The van der Waals surface area contributed by atoms with Crippen LogP contribution >= 0.6 is 0 Å². The molecule has 0 amide bonds. The number of rotatable bonds is 1. The summed E-state index contributed by atoms with van der Waals surface area (Å²) in [6.07, 6.45) is 6.18. The van der Waals surface area contributed by atoms with Gasteiger partial charge in [0.1, 0.15) is 17.8 Å². The molecule has 0 saturated heterocycles. The van der Waals surface area contributed by atoms with Gasteiger partial charge in [0.25, 0.3) is 0 Å². The molecule has 2 aromatic heterocycles. The van der Waals surface area contributed by atoms with Crippen LogP contribution in [0.2, 0.25) is 0 Å². The molecule has 0 radical (unpaired) electrons. The first-order chi connectivity index (χ1) is 10.3. The first-order valence-electron chi connectivity index (χ1n) is 7.29. The topological polar surface area (TPSA) is 77.2 Å². The average molecular weight is 283 g/mol. The Morgan fingerprint density at radius 3 is 3.14 bits per heavy atom. The van der Waals surface area contributed by atoms with Gasteiger partial charge in [0.15, 0.2) is 0 Å². The number of fused-ring (bicyclic) bond motifs is 2. The predicted octanol–water partition coefficient (Wildman–Crippen LogP) is 1.70. The van der Waals surface area contributed by atoms with E-state index < -0.39 is 0 Å². The number of aryl methyl sites for hydroxylation is 1. The Bertz CT molecular complexity index is 742. The van der Waals surface area contributed by atoms with Crippen LogP contribution in [0.25, 0.3) is 10.9 Å². The van der Waals surface area contributed by atoms with E-state index in [4.69, 9.17) is 10.5 Å². The Morgan fingerprint density at radius 1 is 1.38 bits per heavy atom. The van der Waals surface area contributed by atoms with E-state index in [9.17, 15) is 0 Å². The van der Waals surface area contributed by atoms with Gasteiger partial charge in [-0.05, 0) is 18.9 Å². The summed E-state index contributed by atoms with van der Waals surface area (Å²) in [6.45, 7) is 3.54. The zero-order valence-corrected chi connectivity index (χ0v) is 11.9. The Morgan fingerprint density at radius 2 is 2.29 bits per heavy atom. The largest absolute Gasteiger partial charge is 0.475 e. The quantitative estimate of drug-likeness (QED) is 0.803. The maximum atomic E-state index is 5.95. The van der Waals surface area contributed by atoms with Crippen LogP contribution in [0.1, 0.15) is 19.0 Å². The molecular formula is C15H17N5O. The van der Waals surface area contributed by atoms with Crippen LogP contribution in [0.4, 0.5) is 11.8 Å². The number of ether oxygens (including phenoxy) is 1. The molecule has 0 bridgehead atoms. The number of nitrogen functional groups attached to an aromatic ring is 1. The van der Waals surface area contributed by atoms with Crippen molar-refractivity contribution in [2.24, 2.45) is 0 Å². The van der Waals surface area contributed by atoms with Crippen LogP contribution in [0, 0.1) is 0 Å². The van der Waals surface area contributed by atoms with Gasteiger partial charge >= 0.3 is 0 Å². The minimum atomic E-state index is 0.176. The van der Waals surface area contributed by atoms with Crippen molar-refractivity contribution >= 4 is 22.7 Å². The molecule has 2 aromatic rings. The lowest BCUT2D eigenvalue weighted by molar-refractivity contribution is 0.295. The standard InChI is InChI=1S/C15H17N5O/c1-2-9-7-11-12-13(19-15(16)18-11)20-6-4-3-5-10(20)8-21-14(12)17-9/h3,5,7,10H,2,4,6,8H2,1H3,(H2,16,18,19). The first kappa shape index (κ1) is 12.4. The van der Waals surface area contributed by atoms with Crippen molar-refractivity contribution in [3.8, 4) is 5.88 Å². The number of aromatic nitrogens is 3. The van der Waals surface area contributed by atoms with E-state index in [1.165, 1.54) is 0 Å². The summed E-state index contributed by atoms with van der Waals surface area (Å²) in [6, 6.07) is 2.15. The number of nitrogens with zero attached hydrogens (tertiary/aromatic N) is 4. The zero-order chi connectivity index (χ0) is 14.4. The number of anilines is 2. The number of hydrogen-bond donors (Lipinski definition) is 1. The van der Waals surface area contributed by atoms with Crippen LogP contribution < -0.4 is 15.4 Å². The number of hydrogen-bond acceptors (Lipinski definition) is 6. The Balaban J connectivity index is 2.02. The van der Waals surface area contributed by atoms with Crippen molar-refractivity contribution in [2.45, 2.75) is 25.8 Å². The average Bonchev–Trinajstić information content (AvgIpc) is 2.66. The highest BCUT2D eigenvalue weighted by atomic mass is 16.5. The van der Waals surface area contributed by atoms with E-state index in [0.29, 0.717) is 18.4 Å². The maximum Gasteiger partial charge on any atom is 0.227 e. The molecule has 0 saturated carbocycles. The lowest BCUT2D eigenvalue weighted by Crippen LogP contribution is -2.40. The summed E-state index contributed by atoms with van der Waals surface area (Å²) in [5.41, 5.74) is 7.68. The van der Waals surface area contributed by atoms with E-state index in [2.05, 4.69) is 38.9 Å². The van der Waals surface area contributed by atoms with Gasteiger partial charge < -0.3 is 15.4 Å². The summed E-state index contributed by atoms with van der Waals surface area (Å²) in [5, 5.41) is 0.874. The van der Waals surface area contributed by atoms with Gasteiger partial charge in [0.05, 0.1) is 11.6 Å². The molecular weight excluding hydrogens is 266 g/mol. The van der Waals surface area contributed by atoms with Gasteiger partial charge in [-0.15, -0.1) is 0 Å². The monoisotopic (exact) mass is 283 g/mol. The molecule has 6 heteroatoms. The Hall–Kier alpha value is -2.37. The number of nitrogens with two attached hydrogens (primary N) is 1. The highest BCUT2D eigenvalue weighted by Gasteiger charge is 2.29. The molecule has 0 spiro atoms. The molecule has 6 nitrogen and oxygen atoms in total. The molecule has 4 rings (SSSR count). The third-order valence-corrected chi connectivity index (χ3v) is 4.02. The van der Waals surface area contributed by atoms with Crippen LogP contribution in [-0.4, -0.2) is 34.1 Å². The normalized spacial score (nSPS) is 20.0. The molecule has 0 aliphatic carbocycles. The van der Waals surface area contributed by atoms with Crippen LogP contribution in [0.15, 0.2) is 18.2 Å². The van der Waals surface area contributed by atoms with E-state index >= 15 is 0 Å². The van der Waals surface area contributed by atoms with Crippen molar-refractivity contribution in [1.29, 1.82) is 0 Å². The molecule has 2 aliphatic heterocycles. The van der Waals surface area contributed by atoms with Crippen LogP contribution in [0.3, 0.4) is 0 Å². The smallest absolute Gasteiger partial charge is 0.227 e. The van der Waals surface area contributed by atoms with Gasteiger partial charge in [-0.3, -0.25) is 0 Å². The predicted molar refractivity (Wildman–Crippen MR) is 81.5 cm³/mol. The summed E-state index contributed by atoms with van der Waals surface area (Å²) >= 11 is 0. The molecule has 0 fully saturated rings. The summed E-state index contributed by atoms with van der Waals surface area (Å²) in [4.78, 5) is 15.7. The van der Waals surface area contributed by atoms with Gasteiger partial charge in [-0.1, -0.05) is 19.1 Å². The molecule has 108 valence electrons. The fourth-order valence-corrected chi connectivity index (χ4v) is 2.97. The molecule has 21 heavy (non-hydrogen) atoms. The maximum absolute atomic E-state index is 5.95. The second-order valence-electron chi connectivity index (χ2n) is 5.36. The molecule has 0 aromatic carbocycles. The third-order valence-electron chi connectivity index (χ3n) is 4.02. The third kappa shape index (κ3) is 1.90. The lowest BCUT2D eigenvalue weighted by Gasteiger charge is -2.31. The minimum absolute atomic E-state index is 0.176. The van der Waals surface area contributed by atoms with Crippen molar-refractivity contribution < 1.29 is 4.74 Å². The Labute approximate surface area is 122 Å². The van der Waals surface area contributed by atoms with Crippen molar-refractivity contribution in [1.82, 2.24) is 15.0 Å². The van der Waals surface area contributed by atoms with Gasteiger partial charge in [0, 0.05) is 12.2 Å². The van der Waals surface area contributed by atoms with Gasteiger partial charge in [-0.2, -0.15) is 4.98 Å². The van der Waals surface area contributed by atoms with Crippen LogP contribution in [-0.2, 0) is 6.42 Å².